The first-order valence-electron chi connectivity index (χ1n) is 3.83. The third-order valence-electron chi connectivity index (χ3n) is 1.41. The van der Waals surface area contributed by atoms with E-state index in [2.05, 4.69) is 5.10 Å². The van der Waals surface area contributed by atoms with Crippen LogP contribution in [0.3, 0.4) is 0 Å². The van der Waals surface area contributed by atoms with Gasteiger partial charge in [0.25, 0.3) is 0 Å². The molecule has 0 aromatic heterocycles. The Kier molecular flexibility index (Phi) is 3.14. The van der Waals surface area contributed by atoms with Crippen LogP contribution in [0.4, 0.5) is 0 Å². The first kappa shape index (κ1) is 8.59. The van der Waals surface area contributed by atoms with Crippen molar-refractivity contribution in [2.75, 3.05) is 6.61 Å². The van der Waals surface area contributed by atoms with Crippen LogP contribution in [0.15, 0.2) is 29.4 Å². The zero-order valence-corrected chi connectivity index (χ0v) is 7.03. The van der Waals surface area contributed by atoms with E-state index in [9.17, 15) is 0 Å². The van der Waals surface area contributed by atoms with Crippen LogP contribution in [0.5, 0.6) is 5.75 Å². The van der Waals surface area contributed by atoms with Crippen molar-refractivity contribution in [1.29, 1.82) is 0 Å². The Labute approximate surface area is 71.8 Å². The topological polar surface area (TPSA) is 47.6 Å². The van der Waals surface area contributed by atoms with Gasteiger partial charge in [0.15, 0.2) is 0 Å². The summed E-state index contributed by atoms with van der Waals surface area (Å²) >= 11 is 0. The summed E-state index contributed by atoms with van der Waals surface area (Å²) < 4.78 is 5.26. The van der Waals surface area contributed by atoms with Gasteiger partial charge in [-0.25, -0.2) is 0 Å². The van der Waals surface area contributed by atoms with E-state index in [1.165, 1.54) is 0 Å². The van der Waals surface area contributed by atoms with Crippen LogP contribution in [-0.4, -0.2) is 12.8 Å². The third kappa shape index (κ3) is 2.27. The number of ether oxygens (including phenoxy) is 1. The SMILES string of the molecule is CCOc1ccc(/C=N\N)cc1. The first-order valence-corrected chi connectivity index (χ1v) is 3.83. The molecule has 1 aromatic carbocycles. The molecule has 0 saturated carbocycles. The molecular formula is C9H12N2O. The molecule has 64 valence electrons. The van der Waals surface area contributed by atoms with E-state index in [0.717, 1.165) is 11.3 Å². The van der Waals surface area contributed by atoms with Gasteiger partial charge in [-0.1, -0.05) is 0 Å². The summed E-state index contributed by atoms with van der Waals surface area (Å²) in [6, 6.07) is 7.59. The number of hydrogen-bond acceptors (Lipinski definition) is 3. The van der Waals surface area contributed by atoms with E-state index in [-0.39, 0.29) is 0 Å². The van der Waals surface area contributed by atoms with Crippen LogP contribution in [0.1, 0.15) is 12.5 Å². The van der Waals surface area contributed by atoms with Gasteiger partial charge in [-0.3, -0.25) is 0 Å². The van der Waals surface area contributed by atoms with Crippen molar-refractivity contribution >= 4 is 6.21 Å². The summed E-state index contributed by atoms with van der Waals surface area (Å²) in [5.74, 6) is 5.86. The second-order valence-electron chi connectivity index (χ2n) is 2.28. The molecule has 0 unspecified atom stereocenters. The standard InChI is InChI=1S/C9H12N2O/c1-2-12-9-5-3-8(4-6-9)7-11-10/h3-7H,2,10H2,1H3/b11-7-. The van der Waals surface area contributed by atoms with Crippen molar-refractivity contribution in [3.8, 4) is 5.75 Å². The Morgan fingerprint density at radius 3 is 2.58 bits per heavy atom. The van der Waals surface area contributed by atoms with Gasteiger partial charge < -0.3 is 10.6 Å². The Balaban J connectivity index is 2.71. The monoisotopic (exact) mass is 164 g/mol. The van der Waals surface area contributed by atoms with Crippen LogP contribution in [-0.2, 0) is 0 Å². The van der Waals surface area contributed by atoms with E-state index in [4.69, 9.17) is 10.6 Å². The summed E-state index contributed by atoms with van der Waals surface area (Å²) in [4.78, 5) is 0. The lowest BCUT2D eigenvalue weighted by molar-refractivity contribution is 0.340. The first-order chi connectivity index (χ1) is 5.86. The minimum Gasteiger partial charge on any atom is -0.494 e. The molecule has 0 amide bonds. The van der Waals surface area contributed by atoms with Gasteiger partial charge in [0.2, 0.25) is 0 Å². The number of benzene rings is 1. The second kappa shape index (κ2) is 4.38. The molecule has 0 spiro atoms. The van der Waals surface area contributed by atoms with Crippen LogP contribution < -0.4 is 10.6 Å². The number of hydrogen-bond donors (Lipinski definition) is 1. The molecule has 0 fully saturated rings. The molecule has 0 saturated heterocycles. The maximum atomic E-state index is 5.26. The van der Waals surface area contributed by atoms with Crippen molar-refractivity contribution in [3.05, 3.63) is 29.8 Å². The van der Waals surface area contributed by atoms with Crippen molar-refractivity contribution < 1.29 is 4.74 Å². The van der Waals surface area contributed by atoms with Crippen LogP contribution in [0.2, 0.25) is 0 Å². The van der Waals surface area contributed by atoms with Crippen molar-refractivity contribution in [3.63, 3.8) is 0 Å². The second-order valence-corrected chi connectivity index (χ2v) is 2.28. The fourth-order valence-electron chi connectivity index (χ4n) is 0.903. The molecule has 12 heavy (non-hydrogen) atoms. The maximum Gasteiger partial charge on any atom is 0.119 e. The number of nitrogens with two attached hydrogens (primary N) is 1. The predicted octanol–water partition coefficient (Wildman–Crippen LogP) is 1.38. The van der Waals surface area contributed by atoms with Crippen molar-refractivity contribution in [2.45, 2.75) is 6.92 Å². The summed E-state index contributed by atoms with van der Waals surface area (Å²) in [6.45, 7) is 2.64. The van der Waals surface area contributed by atoms with Gasteiger partial charge >= 0.3 is 0 Å². The molecular weight excluding hydrogens is 152 g/mol. The minimum atomic E-state index is 0.685. The molecule has 3 nitrogen and oxygen atoms in total. The molecule has 0 atom stereocenters. The quantitative estimate of drug-likeness (QED) is 0.416. The third-order valence-corrected chi connectivity index (χ3v) is 1.41. The van der Waals surface area contributed by atoms with Gasteiger partial charge in [-0.2, -0.15) is 5.10 Å². The number of rotatable bonds is 3. The summed E-state index contributed by atoms with van der Waals surface area (Å²) in [5, 5.41) is 3.42. The molecule has 1 aromatic rings. The maximum absolute atomic E-state index is 5.26. The van der Waals surface area contributed by atoms with Crippen molar-refractivity contribution in [2.24, 2.45) is 10.9 Å². The summed E-state index contributed by atoms with van der Waals surface area (Å²) in [5.41, 5.74) is 0.973. The minimum absolute atomic E-state index is 0.685. The zero-order chi connectivity index (χ0) is 8.81. The largest absolute Gasteiger partial charge is 0.494 e. The molecule has 3 heteroatoms. The van der Waals surface area contributed by atoms with Gasteiger partial charge in [0, 0.05) is 0 Å². The number of hydrazone groups is 1. The van der Waals surface area contributed by atoms with Gasteiger partial charge in [0.05, 0.1) is 12.8 Å². The van der Waals surface area contributed by atoms with E-state index in [1.807, 2.05) is 31.2 Å². The molecule has 0 aliphatic rings. The molecule has 2 N–H and O–H groups in total. The fourth-order valence-corrected chi connectivity index (χ4v) is 0.903. The van der Waals surface area contributed by atoms with E-state index in [0.29, 0.717) is 6.61 Å². The lowest BCUT2D eigenvalue weighted by Crippen LogP contribution is -1.91. The Morgan fingerprint density at radius 1 is 1.42 bits per heavy atom. The van der Waals surface area contributed by atoms with Gasteiger partial charge in [-0.15, -0.1) is 0 Å². The lowest BCUT2D eigenvalue weighted by atomic mass is 10.2. The highest BCUT2D eigenvalue weighted by Crippen LogP contribution is 2.10. The highest BCUT2D eigenvalue weighted by molar-refractivity contribution is 5.79. The predicted molar refractivity (Wildman–Crippen MR) is 49.4 cm³/mol. The van der Waals surface area contributed by atoms with E-state index < -0.39 is 0 Å². The molecule has 0 aliphatic heterocycles. The Hall–Kier alpha value is -1.51. The highest BCUT2D eigenvalue weighted by atomic mass is 16.5. The molecule has 0 bridgehead atoms. The molecule has 0 heterocycles. The smallest absolute Gasteiger partial charge is 0.119 e. The molecule has 0 radical (unpaired) electrons. The molecule has 0 aliphatic carbocycles. The number of nitrogens with zero attached hydrogens (tertiary/aromatic N) is 1. The Bertz CT molecular complexity index is 254. The van der Waals surface area contributed by atoms with Crippen LogP contribution in [0.25, 0.3) is 0 Å². The summed E-state index contributed by atoms with van der Waals surface area (Å²) in [7, 11) is 0. The summed E-state index contributed by atoms with van der Waals surface area (Å²) in [6.07, 6.45) is 1.59. The van der Waals surface area contributed by atoms with Crippen LogP contribution >= 0.6 is 0 Å². The van der Waals surface area contributed by atoms with Crippen LogP contribution in [0, 0.1) is 0 Å². The van der Waals surface area contributed by atoms with Gasteiger partial charge in [0.1, 0.15) is 5.75 Å². The van der Waals surface area contributed by atoms with E-state index >= 15 is 0 Å². The normalized spacial score (nSPS) is 10.4. The lowest BCUT2D eigenvalue weighted by Gasteiger charge is -2.01. The highest BCUT2D eigenvalue weighted by Gasteiger charge is 1.90. The van der Waals surface area contributed by atoms with Gasteiger partial charge in [-0.05, 0) is 36.8 Å². The average molecular weight is 164 g/mol. The average Bonchev–Trinajstić information content (AvgIpc) is 2.09. The zero-order valence-electron chi connectivity index (χ0n) is 7.03. The molecule has 1 rings (SSSR count). The fraction of sp³-hybridized carbons (Fsp3) is 0.222. The Morgan fingerprint density at radius 2 is 2.08 bits per heavy atom. The van der Waals surface area contributed by atoms with Crippen molar-refractivity contribution in [1.82, 2.24) is 0 Å². The van der Waals surface area contributed by atoms with E-state index in [1.54, 1.807) is 6.21 Å².